The molecule has 0 saturated carbocycles. The standard InChI is InChI=1S/C14H20N4O3S/c1-3-4-11-15-16-13(22-11)18-6-10-5-17(9(2)19)7-14(10,8-18)12(20)21/h10H,3-8H2,1-2H3,(H,20,21)/t10-,14-/m0/s1. The summed E-state index contributed by atoms with van der Waals surface area (Å²) in [5.41, 5.74) is -0.873. The second kappa shape index (κ2) is 5.49. The second-order valence-electron chi connectivity index (χ2n) is 6.17. The molecular formula is C14H20N4O3S. The second-order valence-corrected chi connectivity index (χ2v) is 7.21. The molecule has 0 aliphatic carbocycles. The normalized spacial score (nSPS) is 27.3. The number of carboxylic acids is 1. The molecule has 22 heavy (non-hydrogen) atoms. The van der Waals surface area contributed by atoms with E-state index in [1.54, 1.807) is 16.2 Å². The van der Waals surface area contributed by atoms with E-state index in [1.165, 1.54) is 6.92 Å². The predicted molar refractivity (Wildman–Crippen MR) is 81.9 cm³/mol. The molecule has 120 valence electrons. The van der Waals surface area contributed by atoms with Gasteiger partial charge in [0.25, 0.3) is 0 Å². The smallest absolute Gasteiger partial charge is 0.313 e. The molecule has 0 unspecified atom stereocenters. The minimum atomic E-state index is -0.873. The third-order valence-electron chi connectivity index (χ3n) is 4.67. The van der Waals surface area contributed by atoms with Gasteiger partial charge in [0.05, 0.1) is 0 Å². The van der Waals surface area contributed by atoms with Crippen LogP contribution in [0.3, 0.4) is 0 Å². The fraction of sp³-hybridized carbons (Fsp3) is 0.714. The van der Waals surface area contributed by atoms with Crippen molar-refractivity contribution in [1.29, 1.82) is 0 Å². The van der Waals surface area contributed by atoms with E-state index in [0.717, 1.165) is 23.0 Å². The number of nitrogens with zero attached hydrogens (tertiary/aromatic N) is 4. The van der Waals surface area contributed by atoms with Crippen molar-refractivity contribution in [3.63, 3.8) is 0 Å². The highest BCUT2D eigenvalue weighted by Crippen LogP contribution is 2.44. The highest BCUT2D eigenvalue weighted by atomic mass is 32.1. The fourth-order valence-electron chi connectivity index (χ4n) is 3.44. The number of carbonyl (C=O) groups excluding carboxylic acids is 1. The SMILES string of the molecule is CCCc1nnc(N2C[C@@H]3CN(C(C)=O)C[C@]3(C(=O)O)C2)s1. The van der Waals surface area contributed by atoms with Gasteiger partial charge in [-0.25, -0.2) is 0 Å². The summed E-state index contributed by atoms with van der Waals surface area (Å²) in [6, 6.07) is 0. The van der Waals surface area contributed by atoms with E-state index in [2.05, 4.69) is 17.1 Å². The first-order chi connectivity index (χ1) is 10.5. The molecule has 2 fully saturated rings. The number of likely N-dealkylation sites (tertiary alicyclic amines) is 1. The Balaban J connectivity index is 1.80. The molecular weight excluding hydrogens is 304 g/mol. The lowest BCUT2D eigenvalue weighted by Crippen LogP contribution is -2.41. The Bertz CT molecular complexity index is 605. The Morgan fingerprint density at radius 2 is 2.14 bits per heavy atom. The van der Waals surface area contributed by atoms with Crippen molar-refractivity contribution >= 4 is 28.3 Å². The molecule has 0 aromatic carbocycles. The highest BCUT2D eigenvalue weighted by Gasteiger charge is 2.58. The van der Waals surface area contributed by atoms with Gasteiger partial charge in [-0.1, -0.05) is 18.3 Å². The van der Waals surface area contributed by atoms with E-state index in [1.807, 2.05) is 4.90 Å². The van der Waals surface area contributed by atoms with E-state index in [0.29, 0.717) is 26.2 Å². The van der Waals surface area contributed by atoms with Crippen LogP contribution in [-0.2, 0) is 16.0 Å². The number of aliphatic carboxylic acids is 1. The number of aryl methyl sites for hydroxylation is 1. The minimum absolute atomic E-state index is 0.0487. The lowest BCUT2D eigenvalue weighted by atomic mass is 9.81. The summed E-state index contributed by atoms with van der Waals surface area (Å²) in [5.74, 6) is -0.919. The molecule has 3 rings (SSSR count). The van der Waals surface area contributed by atoms with Crippen molar-refractivity contribution in [3.8, 4) is 0 Å². The van der Waals surface area contributed by atoms with Crippen LogP contribution in [0.5, 0.6) is 0 Å². The van der Waals surface area contributed by atoms with Crippen LogP contribution in [0.2, 0.25) is 0 Å². The van der Waals surface area contributed by atoms with Crippen LogP contribution in [0.25, 0.3) is 0 Å². The van der Waals surface area contributed by atoms with Crippen molar-refractivity contribution in [2.45, 2.75) is 26.7 Å². The number of rotatable bonds is 4. The number of amides is 1. The fourth-order valence-corrected chi connectivity index (χ4v) is 4.39. The van der Waals surface area contributed by atoms with E-state index >= 15 is 0 Å². The number of carboxylic acid groups (broad SMARTS) is 1. The number of carbonyl (C=O) groups is 2. The van der Waals surface area contributed by atoms with Gasteiger partial charge in [-0.15, -0.1) is 10.2 Å². The monoisotopic (exact) mass is 324 g/mol. The Kier molecular flexibility index (Phi) is 3.80. The molecule has 1 N–H and O–H groups in total. The zero-order valence-corrected chi connectivity index (χ0v) is 13.6. The number of aromatic nitrogens is 2. The van der Waals surface area contributed by atoms with Crippen LogP contribution in [-0.4, -0.2) is 58.3 Å². The molecule has 3 heterocycles. The molecule has 1 amide bonds. The zero-order chi connectivity index (χ0) is 15.9. The van der Waals surface area contributed by atoms with Crippen molar-refractivity contribution in [3.05, 3.63) is 5.01 Å². The first kappa shape index (κ1) is 15.2. The summed E-state index contributed by atoms with van der Waals surface area (Å²) in [6.45, 7) is 5.42. The highest BCUT2D eigenvalue weighted by molar-refractivity contribution is 7.15. The number of hydrogen-bond donors (Lipinski definition) is 1. The first-order valence-corrected chi connectivity index (χ1v) is 8.34. The molecule has 8 heteroatoms. The van der Waals surface area contributed by atoms with Gasteiger partial charge in [0.2, 0.25) is 11.0 Å². The van der Waals surface area contributed by atoms with Crippen molar-refractivity contribution in [2.24, 2.45) is 11.3 Å². The summed E-state index contributed by atoms with van der Waals surface area (Å²) in [5, 5.41) is 19.9. The van der Waals surface area contributed by atoms with Crippen LogP contribution in [0, 0.1) is 11.3 Å². The average molecular weight is 324 g/mol. The van der Waals surface area contributed by atoms with Gasteiger partial charge >= 0.3 is 5.97 Å². The van der Waals surface area contributed by atoms with E-state index in [4.69, 9.17) is 0 Å². The van der Waals surface area contributed by atoms with Crippen LogP contribution < -0.4 is 4.90 Å². The number of anilines is 1. The molecule has 2 saturated heterocycles. The lowest BCUT2D eigenvalue weighted by molar-refractivity contribution is -0.148. The van der Waals surface area contributed by atoms with Gasteiger partial charge in [0.15, 0.2) is 0 Å². The Morgan fingerprint density at radius 3 is 2.73 bits per heavy atom. The molecule has 2 aliphatic rings. The van der Waals surface area contributed by atoms with Gasteiger partial charge in [0.1, 0.15) is 10.4 Å². The molecule has 2 aliphatic heterocycles. The molecule has 2 atom stereocenters. The van der Waals surface area contributed by atoms with Crippen LogP contribution in [0.15, 0.2) is 0 Å². The maximum atomic E-state index is 11.9. The Morgan fingerprint density at radius 1 is 1.36 bits per heavy atom. The third-order valence-corrected chi connectivity index (χ3v) is 5.71. The number of fused-ring (bicyclic) bond motifs is 1. The summed E-state index contributed by atoms with van der Waals surface area (Å²) in [7, 11) is 0. The van der Waals surface area contributed by atoms with E-state index in [-0.39, 0.29) is 11.8 Å². The third kappa shape index (κ3) is 2.35. The quantitative estimate of drug-likeness (QED) is 0.884. The number of hydrogen-bond acceptors (Lipinski definition) is 6. The summed E-state index contributed by atoms with van der Waals surface area (Å²) in [4.78, 5) is 27.1. The molecule has 0 spiro atoms. The van der Waals surface area contributed by atoms with Crippen molar-refractivity contribution in [2.75, 3.05) is 31.1 Å². The van der Waals surface area contributed by atoms with Gasteiger partial charge in [-0.2, -0.15) is 0 Å². The topological polar surface area (TPSA) is 86.6 Å². The van der Waals surface area contributed by atoms with Crippen molar-refractivity contribution in [1.82, 2.24) is 15.1 Å². The summed E-state index contributed by atoms with van der Waals surface area (Å²) < 4.78 is 0. The predicted octanol–water partition coefficient (Wildman–Crippen LogP) is 0.860. The minimum Gasteiger partial charge on any atom is -0.481 e. The average Bonchev–Trinajstić information content (AvgIpc) is 3.09. The zero-order valence-electron chi connectivity index (χ0n) is 12.8. The van der Waals surface area contributed by atoms with E-state index < -0.39 is 11.4 Å². The van der Waals surface area contributed by atoms with Gasteiger partial charge < -0.3 is 14.9 Å². The molecule has 7 nitrogen and oxygen atoms in total. The van der Waals surface area contributed by atoms with Gasteiger partial charge in [-0.3, -0.25) is 9.59 Å². The van der Waals surface area contributed by atoms with Crippen LogP contribution >= 0.6 is 11.3 Å². The van der Waals surface area contributed by atoms with Gasteiger partial charge in [-0.05, 0) is 6.42 Å². The summed E-state index contributed by atoms with van der Waals surface area (Å²) in [6.07, 6.45) is 1.92. The molecule has 0 bridgehead atoms. The van der Waals surface area contributed by atoms with Crippen molar-refractivity contribution < 1.29 is 14.7 Å². The van der Waals surface area contributed by atoms with E-state index in [9.17, 15) is 14.7 Å². The van der Waals surface area contributed by atoms with Crippen LogP contribution in [0.4, 0.5) is 5.13 Å². The maximum absolute atomic E-state index is 11.9. The lowest BCUT2D eigenvalue weighted by Gasteiger charge is -2.24. The van der Waals surface area contributed by atoms with Gasteiger partial charge in [0, 0.05) is 45.4 Å². The largest absolute Gasteiger partial charge is 0.481 e. The molecule has 1 aromatic rings. The van der Waals surface area contributed by atoms with Crippen LogP contribution in [0.1, 0.15) is 25.3 Å². The Hall–Kier alpha value is -1.70. The maximum Gasteiger partial charge on any atom is 0.313 e. The summed E-state index contributed by atoms with van der Waals surface area (Å²) >= 11 is 1.54. The Labute approximate surface area is 132 Å². The molecule has 1 aromatic heterocycles. The molecule has 0 radical (unpaired) electrons. The first-order valence-electron chi connectivity index (χ1n) is 7.52.